The lowest BCUT2D eigenvalue weighted by Gasteiger charge is -2.13. The van der Waals surface area contributed by atoms with E-state index in [1.165, 1.54) is 11.3 Å². The summed E-state index contributed by atoms with van der Waals surface area (Å²) in [6, 6.07) is 1.21. The highest BCUT2D eigenvalue weighted by Gasteiger charge is 2.24. The Morgan fingerprint density at radius 2 is 2.19 bits per heavy atom. The predicted molar refractivity (Wildman–Crippen MR) is 76.5 cm³/mol. The maximum atomic E-state index is 13.8. The lowest BCUT2D eigenvalue weighted by molar-refractivity contribution is -0.384. The summed E-state index contributed by atoms with van der Waals surface area (Å²) in [5.74, 6) is -2.40. The standard InChI is InChI=1S/C13H13F2N3O2S/c1-3-8-6-16-13(21-8)7(2)17-12-10(18(19)20)5-4-9(14)11(12)15/h4-7,17H,3H2,1-2H3. The van der Waals surface area contributed by atoms with Crippen molar-refractivity contribution in [1.29, 1.82) is 0 Å². The van der Waals surface area contributed by atoms with Crippen LogP contribution in [0, 0.1) is 21.7 Å². The van der Waals surface area contributed by atoms with Gasteiger partial charge in [-0.1, -0.05) is 6.92 Å². The van der Waals surface area contributed by atoms with E-state index in [-0.39, 0.29) is 0 Å². The van der Waals surface area contributed by atoms with Crippen LogP contribution >= 0.6 is 11.3 Å². The molecule has 21 heavy (non-hydrogen) atoms. The molecule has 1 N–H and O–H groups in total. The number of nitro benzene ring substituents is 1. The van der Waals surface area contributed by atoms with Gasteiger partial charge in [-0.05, 0) is 19.4 Å². The first kappa shape index (κ1) is 15.3. The van der Waals surface area contributed by atoms with Crippen molar-refractivity contribution in [3.63, 3.8) is 0 Å². The van der Waals surface area contributed by atoms with E-state index in [2.05, 4.69) is 10.3 Å². The molecule has 0 aliphatic carbocycles. The molecule has 0 fully saturated rings. The van der Waals surface area contributed by atoms with E-state index in [4.69, 9.17) is 0 Å². The number of nitro groups is 1. The highest BCUT2D eigenvalue weighted by molar-refractivity contribution is 7.11. The van der Waals surface area contributed by atoms with Crippen molar-refractivity contribution in [2.45, 2.75) is 26.3 Å². The molecule has 1 aromatic heterocycles. The number of rotatable bonds is 5. The van der Waals surface area contributed by atoms with Gasteiger partial charge < -0.3 is 5.32 Å². The molecule has 8 heteroatoms. The molecule has 0 saturated carbocycles. The predicted octanol–water partition coefficient (Wildman–Crippen LogP) is 4.07. The molecule has 5 nitrogen and oxygen atoms in total. The van der Waals surface area contributed by atoms with Gasteiger partial charge in [-0.15, -0.1) is 11.3 Å². The van der Waals surface area contributed by atoms with Gasteiger partial charge in [-0.2, -0.15) is 0 Å². The number of benzene rings is 1. The summed E-state index contributed by atoms with van der Waals surface area (Å²) in [5, 5.41) is 14.2. The molecule has 2 aromatic rings. The Labute approximate surface area is 123 Å². The molecule has 2 rings (SSSR count). The number of thiazole rings is 1. The van der Waals surface area contributed by atoms with Crippen LogP contribution in [0.25, 0.3) is 0 Å². The summed E-state index contributed by atoms with van der Waals surface area (Å²) in [7, 11) is 0. The highest BCUT2D eigenvalue weighted by Crippen LogP contribution is 2.33. The van der Waals surface area contributed by atoms with Crippen LogP contribution in [0.3, 0.4) is 0 Å². The van der Waals surface area contributed by atoms with Gasteiger partial charge in [-0.25, -0.2) is 13.8 Å². The van der Waals surface area contributed by atoms with E-state index in [1.54, 1.807) is 13.1 Å². The fourth-order valence-electron chi connectivity index (χ4n) is 1.79. The summed E-state index contributed by atoms with van der Waals surface area (Å²) in [4.78, 5) is 15.4. The molecule has 1 heterocycles. The second-order valence-electron chi connectivity index (χ2n) is 4.40. The van der Waals surface area contributed by atoms with Crippen molar-refractivity contribution in [2.75, 3.05) is 5.32 Å². The van der Waals surface area contributed by atoms with Crippen LogP contribution in [-0.2, 0) is 6.42 Å². The third-order valence-electron chi connectivity index (χ3n) is 2.92. The smallest absolute Gasteiger partial charge is 0.295 e. The summed E-state index contributed by atoms with van der Waals surface area (Å²) < 4.78 is 27.1. The van der Waals surface area contributed by atoms with Gasteiger partial charge in [0.2, 0.25) is 0 Å². The number of hydrogen-bond donors (Lipinski definition) is 1. The molecule has 0 radical (unpaired) electrons. The Balaban J connectivity index is 2.33. The molecule has 0 bridgehead atoms. The van der Waals surface area contributed by atoms with E-state index in [0.717, 1.165) is 23.4 Å². The largest absolute Gasteiger partial charge is 0.368 e. The molecule has 1 atom stereocenters. The summed E-state index contributed by atoms with van der Waals surface area (Å²) in [6.45, 7) is 3.67. The van der Waals surface area contributed by atoms with Gasteiger partial charge in [0.25, 0.3) is 5.69 Å². The Morgan fingerprint density at radius 1 is 1.48 bits per heavy atom. The van der Waals surface area contributed by atoms with Gasteiger partial charge in [0, 0.05) is 17.1 Å². The maximum Gasteiger partial charge on any atom is 0.295 e. The molecular weight excluding hydrogens is 300 g/mol. The van der Waals surface area contributed by atoms with E-state index in [0.29, 0.717) is 5.01 Å². The molecule has 112 valence electrons. The van der Waals surface area contributed by atoms with Gasteiger partial charge in [-0.3, -0.25) is 10.1 Å². The molecule has 1 aromatic carbocycles. The van der Waals surface area contributed by atoms with Crippen molar-refractivity contribution in [1.82, 2.24) is 4.98 Å². The Bertz CT molecular complexity index is 675. The topological polar surface area (TPSA) is 68.1 Å². The Kier molecular flexibility index (Phi) is 4.46. The second-order valence-corrected chi connectivity index (χ2v) is 5.54. The number of nitrogens with one attached hydrogen (secondary N) is 1. The summed E-state index contributed by atoms with van der Waals surface area (Å²) >= 11 is 1.42. The zero-order chi connectivity index (χ0) is 15.6. The van der Waals surface area contributed by atoms with E-state index in [9.17, 15) is 18.9 Å². The molecule has 0 aliphatic rings. The zero-order valence-electron chi connectivity index (χ0n) is 11.4. The van der Waals surface area contributed by atoms with Crippen LogP contribution in [0.5, 0.6) is 0 Å². The molecule has 0 aliphatic heterocycles. The molecule has 1 unspecified atom stereocenters. The van der Waals surface area contributed by atoms with Crippen molar-refractivity contribution >= 4 is 22.7 Å². The van der Waals surface area contributed by atoms with Crippen LogP contribution < -0.4 is 5.32 Å². The highest BCUT2D eigenvalue weighted by atomic mass is 32.1. The van der Waals surface area contributed by atoms with Gasteiger partial charge in [0.05, 0.1) is 11.0 Å². The molecule has 0 amide bonds. The maximum absolute atomic E-state index is 13.8. The zero-order valence-corrected chi connectivity index (χ0v) is 12.2. The van der Waals surface area contributed by atoms with E-state index < -0.39 is 34.0 Å². The monoisotopic (exact) mass is 313 g/mol. The molecule has 0 saturated heterocycles. The average Bonchev–Trinajstić information content (AvgIpc) is 2.92. The fourth-order valence-corrected chi connectivity index (χ4v) is 2.65. The van der Waals surface area contributed by atoms with Crippen LogP contribution in [0.15, 0.2) is 18.3 Å². The van der Waals surface area contributed by atoms with Crippen molar-refractivity contribution in [3.8, 4) is 0 Å². The first-order chi connectivity index (χ1) is 9.93. The lowest BCUT2D eigenvalue weighted by Crippen LogP contribution is -2.10. The Hall–Kier alpha value is -2.09. The molecular formula is C13H13F2N3O2S. The van der Waals surface area contributed by atoms with Crippen molar-refractivity contribution < 1.29 is 13.7 Å². The van der Waals surface area contributed by atoms with Crippen molar-refractivity contribution in [2.24, 2.45) is 0 Å². The number of aryl methyl sites for hydroxylation is 1. The number of aromatic nitrogens is 1. The average molecular weight is 313 g/mol. The second kappa shape index (κ2) is 6.13. The van der Waals surface area contributed by atoms with Gasteiger partial charge >= 0.3 is 0 Å². The minimum absolute atomic E-state index is 0.458. The number of halogens is 2. The summed E-state index contributed by atoms with van der Waals surface area (Å²) in [5.41, 5.74) is -0.964. The third kappa shape index (κ3) is 3.15. The first-order valence-electron chi connectivity index (χ1n) is 6.27. The SMILES string of the molecule is CCc1cnc(C(C)Nc2c([N+](=O)[O-])ccc(F)c2F)s1. The third-order valence-corrected chi connectivity index (χ3v) is 4.25. The van der Waals surface area contributed by atoms with Crippen LogP contribution in [0.4, 0.5) is 20.2 Å². The number of nitrogens with zero attached hydrogens (tertiary/aromatic N) is 2. The quantitative estimate of drug-likeness (QED) is 0.667. The van der Waals surface area contributed by atoms with E-state index >= 15 is 0 Å². The van der Waals surface area contributed by atoms with Crippen molar-refractivity contribution in [3.05, 3.63) is 50.0 Å². The fraction of sp³-hybridized carbons (Fsp3) is 0.308. The van der Waals surface area contributed by atoms with Gasteiger partial charge in [0.15, 0.2) is 17.3 Å². The number of anilines is 1. The minimum atomic E-state index is -1.26. The van der Waals surface area contributed by atoms with E-state index in [1.807, 2.05) is 6.92 Å². The number of hydrogen-bond acceptors (Lipinski definition) is 5. The van der Waals surface area contributed by atoms with Crippen LogP contribution in [0.2, 0.25) is 0 Å². The first-order valence-corrected chi connectivity index (χ1v) is 7.09. The van der Waals surface area contributed by atoms with Crippen LogP contribution in [-0.4, -0.2) is 9.91 Å². The van der Waals surface area contributed by atoms with Gasteiger partial charge in [0.1, 0.15) is 5.01 Å². The minimum Gasteiger partial charge on any atom is -0.368 e. The lowest BCUT2D eigenvalue weighted by atomic mass is 10.2. The van der Waals surface area contributed by atoms with Crippen LogP contribution in [0.1, 0.15) is 29.8 Å². The normalized spacial score (nSPS) is 12.2. The summed E-state index contributed by atoms with van der Waals surface area (Å²) in [6.07, 6.45) is 2.52. The Morgan fingerprint density at radius 3 is 2.76 bits per heavy atom. The molecule has 0 spiro atoms.